The molecule has 0 aromatic carbocycles. The summed E-state index contributed by atoms with van der Waals surface area (Å²) in [7, 11) is 0. The van der Waals surface area contributed by atoms with Crippen molar-refractivity contribution in [3.8, 4) is 0 Å². The van der Waals surface area contributed by atoms with Crippen LogP contribution in [0, 0.1) is 5.41 Å². The number of hydrogen-bond donors (Lipinski definition) is 1. The van der Waals surface area contributed by atoms with Crippen LogP contribution in [0.2, 0.25) is 0 Å². The standard InChI is InChI=1S/C12H22N2O2/c1-2-16-10-3-7-14(8-4-10)11(15)12(9-13)5-6-12/h10H,2-9,13H2,1H3. The van der Waals surface area contributed by atoms with Gasteiger partial charge in [0.05, 0.1) is 11.5 Å². The maximum Gasteiger partial charge on any atom is 0.230 e. The quantitative estimate of drug-likeness (QED) is 0.769. The predicted molar refractivity (Wildman–Crippen MR) is 61.9 cm³/mol. The molecule has 1 aliphatic carbocycles. The number of amides is 1. The van der Waals surface area contributed by atoms with Crippen LogP contribution in [0.4, 0.5) is 0 Å². The second-order valence-corrected chi connectivity index (χ2v) is 4.93. The molecule has 4 nitrogen and oxygen atoms in total. The molecule has 1 saturated heterocycles. The van der Waals surface area contributed by atoms with Gasteiger partial charge >= 0.3 is 0 Å². The van der Waals surface area contributed by atoms with Crippen LogP contribution in [-0.2, 0) is 9.53 Å². The van der Waals surface area contributed by atoms with E-state index in [0.29, 0.717) is 12.6 Å². The van der Waals surface area contributed by atoms with Gasteiger partial charge in [-0.3, -0.25) is 4.79 Å². The Morgan fingerprint density at radius 3 is 2.50 bits per heavy atom. The lowest BCUT2D eigenvalue weighted by atomic mass is 10.0. The number of hydrogen-bond acceptors (Lipinski definition) is 3. The van der Waals surface area contributed by atoms with Crippen LogP contribution in [0.25, 0.3) is 0 Å². The summed E-state index contributed by atoms with van der Waals surface area (Å²) in [4.78, 5) is 14.2. The normalized spacial score (nSPS) is 24.5. The number of piperidine rings is 1. The molecule has 2 aliphatic rings. The molecule has 1 amide bonds. The summed E-state index contributed by atoms with van der Waals surface area (Å²) in [6.07, 6.45) is 4.25. The maximum atomic E-state index is 12.2. The molecule has 16 heavy (non-hydrogen) atoms. The Balaban J connectivity index is 1.82. The molecular weight excluding hydrogens is 204 g/mol. The van der Waals surface area contributed by atoms with Crippen LogP contribution < -0.4 is 5.73 Å². The van der Waals surface area contributed by atoms with Crippen molar-refractivity contribution in [3.63, 3.8) is 0 Å². The Labute approximate surface area is 97.1 Å². The molecule has 1 saturated carbocycles. The summed E-state index contributed by atoms with van der Waals surface area (Å²) in [6.45, 7) is 4.98. The Morgan fingerprint density at radius 2 is 2.06 bits per heavy atom. The third kappa shape index (κ3) is 2.23. The van der Waals surface area contributed by atoms with Crippen LogP contribution in [0.1, 0.15) is 32.6 Å². The minimum atomic E-state index is -0.182. The lowest BCUT2D eigenvalue weighted by Crippen LogP contribution is -2.46. The molecule has 1 aliphatic heterocycles. The van der Waals surface area contributed by atoms with E-state index in [1.807, 2.05) is 11.8 Å². The molecular formula is C12H22N2O2. The fraction of sp³-hybridized carbons (Fsp3) is 0.917. The van der Waals surface area contributed by atoms with Crippen molar-refractivity contribution in [1.82, 2.24) is 4.90 Å². The zero-order valence-corrected chi connectivity index (χ0v) is 10.1. The van der Waals surface area contributed by atoms with Crippen LogP contribution >= 0.6 is 0 Å². The summed E-state index contributed by atoms with van der Waals surface area (Å²) in [6, 6.07) is 0. The Kier molecular flexibility index (Phi) is 3.50. The first-order valence-electron chi connectivity index (χ1n) is 6.33. The largest absolute Gasteiger partial charge is 0.378 e. The minimum absolute atomic E-state index is 0.182. The third-order valence-electron chi connectivity index (χ3n) is 3.83. The van der Waals surface area contributed by atoms with Crippen molar-refractivity contribution < 1.29 is 9.53 Å². The number of nitrogens with two attached hydrogens (primary N) is 1. The molecule has 2 fully saturated rings. The van der Waals surface area contributed by atoms with Gasteiger partial charge in [-0.1, -0.05) is 0 Å². The molecule has 0 aromatic rings. The predicted octanol–water partition coefficient (Wildman–Crippen LogP) is 0.753. The van der Waals surface area contributed by atoms with E-state index in [9.17, 15) is 4.79 Å². The van der Waals surface area contributed by atoms with Gasteiger partial charge in [0.2, 0.25) is 5.91 Å². The number of nitrogens with zero attached hydrogens (tertiary/aromatic N) is 1. The fourth-order valence-corrected chi connectivity index (χ4v) is 2.45. The SMILES string of the molecule is CCOC1CCN(C(=O)C2(CN)CC2)CC1. The first kappa shape index (κ1) is 11.9. The second-order valence-electron chi connectivity index (χ2n) is 4.93. The van der Waals surface area contributed by atoms with Crippen molar-refractivity contribution in [2.45, 2.75) is 38.7 Å². The molecule has 0 atom stereocenters. The number of carbonyl (C=O) groups is 1. The fourth-order valence-electron chi connectivity index (χ4n) is 2.45. The van der Waals surface area contributed by atoms with Crippen LogP contribution in [0.3, 0.4) is 0 Å². The van der Waals surface area contributed by atoms with E-state index in [0.717, 1.165) is 45.4 Å². The van der Waals surface area contributed by atoms with Crippen molar-refractivity contribution in [3.05, 3.63) is 0 Å². The molecule has 0 aromatic heterocycles. The third-order valence-corrected chi connectivity index (χ3v) is 3.83. The van der Waals surface area contributed by atoms with E-state index in [1.54, 1.807) is 0 Å². The average Bonchev–Trinajstić information content (AvgIpc) is 3.10. The molecule has 1 heterocycles. The summed E-state index contributed by atoms with van der Waals surface area (Å²) in [5.74, 6) is 0.282. The van der Waals surface area contributed by atoms with Crippen LogP contribution in [-0.4, -0.2) is 43.2 Å². The van der Waals surface area contributed by atoms with Crippen molar-refractivity contribution >= 4 is 5.91 Å². The van der Waals surface area contributed by atoms with Crippen LogP contribution in [0.15, 0.2) is 0 Å². The van der Waals surface area contributed by atoms with E-state index in [1.165, 1.54) is 0 Å². The van der Waals surface area contributed by atoms with E-state index in [2.05, 4.69) is 0 Å². The van der Waals surface area contributed by atoms with Gasteiger partial charge < -0.3 is 15.4 Å². The smallest absolute Gasteiger partial charge is 0.230 e. The molecule has 0 spiro atoms. The second kappa shape index (κ2) is 4.72. The molecule has 2 N–H and O–H groups in total. The highest BCUT2D eigenvalue weighted by Gasteiger charge is 2.50. The molecule has 0 bridgehead atoms. The first-order chi connectivity index (χ1) is 7.72. The summed E-state index contributed by atoms with van der Waals surface area (Å²) >= 11 is 0. The van der Waals surface area contributed by atoms with Gasteiger partial charge in [-0.2, -0.15) is 0 Å². The zero-order chi connectivity index (χ0) is 11.6. The van der Waals surface area contributed by atoms with Gasteiger partial charge in [0.15, 0.2) is 0 Å². The summed E-state index contributed by atoms with van der Waals surface area (Å²) < 4.78 is 5.58. The molecule has 2 rings (SSSR count). The van der Waals surface area contributed by atoms with E-state index in [-0.39, 0.29) is 11.3 Å². The number of rotatable bonds is 4. The topological polar surface area (TPSA) is 55.6 Å². The van der Waals surface area contributed by atoms with Gasteiger partial charge in [-0.05, 0) is 32.6 Å². The molecule has 0 radical (unpaired) electrons. The zero-order valence-electron chi connectivity index (χ0n) is 10.1. The van der Waals surface area contributed by atoms with Crippen molar-refractivity contribution in [1.29, 1.82) is 0 Å². The highest BCUT2D eigenvalue weighted by Crippen LogP contribution is 2.46. The van der Waals surface area contributed by atoms with Crippen molar-refractivity contribution in [2.24, 2.45) is 11.1 Å². The maximum absolute atomic E-state index is 12.2. The van der Waals surface area contributed by atoms with Gasteiger partial charge in [0.25, 0.3) is 0 Å². The van der Waals surface area contributed by atoms with E-state index in [4.69, 9.17) is 10.5 Å². The molecule has 92 valence electrons. The molecule has 0 unspecified atom stereocenters. The van der Waals surface area contributed by atoms with Crippen molar-refractivity contribution in [2.75, 3.05) is 26.2 Å². The number of carbonyl (C=O) groups excluding carboxylic acids is 1. The average molecular weight is 226 g/mol. The lowest BCUT2D eigenvalue weighted by molar-refractivity contribution is -0.139. The Hall–Kier alpha value is -0.610. The van der Waals surface area contributed by atoms with Gasteiger partial charge in [-0.15, -0.1) is 0 Å². The highest BCUT2D eigenvalue weighted by molar-refractivity contribution is 5.85. The highest BCUT2D eigenvalue weighted by atomic mass is 16.5. The van der Waals surface area contributed by atoms with E-state index < -0.39 is 0 Å². The van der Waals surface area contributed by atoms with Crippen LogP contribution in [0.5, 0.6) is 0 Å². The van der Waals surface area contributed by atoms with Gasteiger partial charge in [-0.25, -0.2) is 0 Å². The van der Waals surface area contributed by atoms with Gasteiger partial charge in [0, 0.05) is 26.2 Å². The Bertz CT molecular complexity index is 256. The minimum Gasteiger partial charge on any atom is -0.378 e. The van der Waals surface area contributed by atoms with E-state index >= 15 is 0 Å². The molecule has 4 heteroatoms. The summed E-state index contributed by atoms with van der Waals surface area (Å²) in [5.41, 5.74) is 5.50. The summed E-state index contributed by atoms with van der Waals surface area (Å²) in [5, 5.41) is 0. The Morgan fingerprint density at radius 1 is 1.44 bits per heavy atom. The number of likely N-dealkylation sites (tertiary alicyclic amines) is 1. The first-order valence-corrected chi connectivity index (χ1v) is 6.33. The van der Waals surface area contributed by atoms with Gasteiger partial charge in [0.1, 0.15) is 0 Å². The lowest BCUT2D eigenvalue weighted by Gasteiger charge is -2.34. The monoisotopic (exact) mass is 226 g/mol. The number of ether oxygens (including phenoxy) is 1.